The van der Waals surface area contributed by atoms with Crippen LogP contribution in [0.3, 0.4) is 0 Å². The van der Waals surface area contributed by atoms with E-state index >= 15 is 0 Å². The molecule has 0 radical (unpaired) electrons. The number of fused-ring (bicyclic) bond motifs is 1. The maximum Gasteiger partial charge on any atom is 0.272 e. The van der Waals surface area contributed by atoms with Crippen LogP contribution in [0, 0.1) is 0 Å². The Morgan fingerprint density at radius 2 is 1.57 bits per heavy atom. The first-order chi connectivity index (χ1) is 14.8. The van der Waals surface area contributed by atoms with E-state index in [1.807, 2.05) is 77.7 Å². The molecular formula is C24H21N5O. The van der Waals surface area contributed by atoms with Gasteiger partial charge in [0.15, 0.2) is 0 Å². The van der Waals surface area contributed by atoms with Crippen LogP contribution >= 0.6 is 0 Å². The molecule has 2 aromatic carbocycles. The van der Waals surface area contributed by atoms with Crippen molar-refractivity contribution in [1.82, 2.24) is 19.9 Å². The minimum atomic E-state index is -0.0203. The standard InChI is InChI=1S/C24H21N5O/c30-24(21-11-10-19-8-4-5-9-20(19)27-21)29-14-12-28(13-15-29)23-16-22(25-17-26-23)18-6-2-1-3-7-18/h1-11,16-17H,12-15H2. The minimum absolute atomic E-state index is 0.0203. The van der Waals surface area contributed by atoms with Crippen molar-refractivity contribution in [2.45, 2.75) is 0 Å². The summed E-state index contributed by atoms with van der Waals surface area (Å²) in [5, 5.41) is 1.04. The Balaban J connectivity index is 1.28. The average Bonchev–Trinajstić information content (AvgIpc) is 2.84. The Morgan fingerprint density at radius 3 is 2.40 bits per heavy atom. The van der Waals surface area contributed by atoms with E-state index in [1.54, 1.807) is 6.33 Å². The van der Waals surface area contributed by atoms with E-state index in [9.17, 15) is 4.79 Å². The van der Waals surface area contributed by atoms with E-state index in [-0.39, 0.29) is 5.91 Å². The number of hydrogen-bond acceptors (Lipinski definition) is 5. The van der Waals surface area contributed by atoms with Gasteiger partial charge in [-0.1, -0.05) is 54.6 Å². The molecule has 4 aromatic rings. The van der Waals surface area contributed by atoms with E-state index in [4.69, 9.17) is 0 Å². The second kappa shape index (κ2) is 7.91. The number of anilines is 1. The van der Waals surface area contributed by atoms with Crippen molar-refractivity contribution < 1.29 is 4.79 Å². The third-order valence-corrected chi connectivity index (χ3v) is 5.43. The Labute approximate surface area is 174 Å². The molecule has 1 fully saturated rings. The summed E-state index contributed by atoms with van der Waals surface area (Å²) in [6.07, 6.45) is 1.61. The molecule has 1 aliphatic heterocycles. The molecule has 3 heterocycles. The van der Waals surface area contributed by atoms with E-state index in [2.05, 4.69) is 19.9 Å². The minimum Gasteiger partial charge on any atom is -0.353 e. The molecule has 0 spiro atoms. The Morgan fingerprint density at radius 1 is 0.800 bits per heavy atom. The van der Waals surface area contributed by atoms with Crippen molar-refractivity contribution in [1.29, 1.82) is 0 Å². The molecule has 1 aliphatic rings. The van der Waals surface area contributed by atoms with Gasteiger partial charge in [-0.15, -0.1) is 0 Å². The average molecular weight is 395 g/mol. The number of pyridine rings is 1. The van der Waals surface area contributed by atoms with Crippen LogP contribution in [0.1, 0.15) is 10.5 Å². The first-order valence-electron chi connectivity index (χ1n) is 10.1. The normalized spacial score (nSPS) is 14.1. The van der Waals surface area contributed by atoms with E-state index < -0.39 is 0 Å². The van der Waals surface area contributed by atoms with Crippen LogP contribution in [0.2, 0.25) is 0 Å². The van der Waals surface area contributed by atoms with Gasteiger partial charge in [-0.25, -0.2) is 15.0 Å². The molecule has 6 heteroatoms. The highest BCUT2D eigenvalue weighted by molar-refractivity contribution is 5.95. The molecule has 6 nitrogen and oxygen atoms in total. The fraction of sp³-hybridized carbons (Fsp3) is 0.167. The third-order valence-electron chi connectivity index (χ3n) is 5.43. The van der Waals surface area contributed by atoms with Gasteiger partial charge in [0.1, 0.15) is 17.8 Å². The van der Waals surface area contributed by atoms with Gasteiger partial charge >= 0.3 is 0 Å². The molecule has 148 valence electrons. The quantitative estimate of drug-likeness (QED) is 0.530. The van der Waals surface area contributed by atoms with E-state index in [0.29, 0.717) is 18.8 Å². The van der Waals surface area contributed by atoms with Gasteiger partial charge < -0.3 is 9.80 Å². The van der Waals surface area contributed by atoms with Gasteiger partial charge in [0.2, 0.25) is 0 Å². The summed E-state index contributed by atoms with van der Waals surface area (Å²) in [5.41, 5.74) is 3.31. The number of carbonyl (C=O) groups is 1. The zero-order valence-corrected chi connectivity index (χ0v) is 16.5. The third kappa shape index (κ3) is 3.59. The molecule has 0 atom stereocenters. The van der Waals surface area contributed by atoms with Crippen molar-refractivity contribution in [3.05, 3.63) is 84.8 Å². The smallest absolute Gasteiger partial charge is 0.272 e. The number of benzene rings is 2. The molecule has 0 unspecified atom stereocenters. The van der Waals surface area contributed by atoms with Gasteiger partial charge in [-0.05, 0) is 12.1 Å². The highest BCUT2D eigenvalue weighted by atomic mass is 16.2. The summed E-state index contributed by atoms with van der Waals surface area (Å²) in [6.45, 7) is 2.73. The summed E-state index contributed by atoms with van der Waals surface area (Å²) in [7, 11) is 0. The highest BCUT2D eigenvalue weighted by Gasteiger charge is 2.24. The predicted octanol–water partition coefficient (Wildman–Crippen LogP) is 3.65. The van der Waals surface area contributed by atoms with Crippen molar-refractivity contribution in [3.8, 4) is 11.3 Å². The van der Waals surface area contributed by atoms with Crippen LogP contribution in [0.15, 0.2) is 79.1 Å². The molecule has 1 amide bonds. The van der Waals surface area contributed by atoms with Crippen molar-refractivity contribution in [3.63, 3.8) is 0 Å². The topological polar surface area (TPSA) is 62.2 Å². The lowest BCUT2D eigenvalue weighted by atomic mass is 10.1. The van der Waals surface area contributed by atoms with Gasteiger partial charge in [-0.2, -0.15) is 0 Å². The van der Waals surface area contributed by atoms with E-state index in [0.717, 1.165) is 41.1 Å². The Hall–Kier alpha value is -3.80. The summed E-state index contributed by atoms with van der Waals surface area (Å²) >= 11 is 0. The number of amides is 1. The summed E-state index contributed by atoms with van der Waals surface area (Å²) in [6, 6.07) is 23.7. The van der Waals surface area contributed by atoms with Crippen LogP contribution in [0.25, 0.3) is 22.2 Å². The zero-order valence-electron chi connectivity index (χ0n) is 16.5. The molecular weight excluding hydrogens is 374 g/mol. The van der Waals surface area contributed by atoms with Gasteiger partial charge in [0.25, 0.3) is 5.91 Å². The number of carbonyl (C=O) groups excluding carboxylic acids is 1. The van der Waals surface area contributed by atoms with Gasteiger partial charge in [0, 0.05) is 43.2 Å². The summed E-state index contributed by atoms with van der Waals surface area (Å²) in [5.74, 6) is 0.868. The first-order valence-corrected chi connectivity index (χ1v) is 10.1. The number of para-hydroxylation sites is 1. The molecule has 0 bridgehead atoms. The highest BCUT2D eigenvalue weighted by Crippen LogP contribution is 2.22. The molecule has 1 saturated heterocycles. The molecule has 2 aromatic heterocycles. The Kier molecular flexibility index (Phi) is 4.81. The predicted molar refractivity (Wildman–Crippen MR) is 117 cm³/mol. The number of aromatic nitrogens is 3. The maximum absolute atomic E-state index is 12.9. The summed E-state index contributed by atoms with van der Waals surface area (Å²) in [4.78, 5) is 30.4. The number of rotatable bonds is 3. The lowest BCUT2D eigenvalue weighted by molar-refractivity contribution is 0.0741. The number of nitrogens with zero attached hydrogens (tertiary/aromatic N) is 5. The fourth-order valence-electron chi connectivity index (χ4n) is 3.77. The van der Waals surface area contributed by atoms with Crippen LogP contribution < -0.4 is 4.90 Å². The molecule has 0 saturated carbocycles. The molecule has 0 N–H and O–H groups in total. The second-order valence-corrected chi connectivity index (χ2v) is 7.30. The van der Waals surface area contributed by atoms with Crippen LogP contribution in [-0.4, -0.2) is 51.9 Å². The molecule has 30 heavy (non-hydrogen) atoms. The van der Waals surface area contributed by atoms with Crippen molar-refractivity contribution >= 4 is 22.6 Å². The van der Waals surface area contributed by atoms with Gasteiger partial charge in [0.05, 0.1) is 11.2 Å². The largest absolute Gasteiger partial charge is 0.353 e. The van der Waals surface area contributed by atoms with Gasteiger partial charge in [-0.3, -0.25) is 4.79 Å². The molecule has 0 aliphatic carbocycles. The lowest BCUT2D eigenvalue weighted by Crippen LogP contribution is -2.49. The maximum atomic E-state index is 12.9. The van der Waals surface area contributed by atoms with Crippen molar-refractivity contribution in [2.75, 3.05) is 31.1 Å². The SMILES string of the molecule is O=C(c1ccc2ccccc2n1)N1CCN(c2cc(-c3ccccc3)ncn2)CC1. The van der Waals surface area contributed by atoms with Crippen LogP contribution in [-0.2, 0) is 0 Å². The number of piperazine rings is 1. The van der Waals surface area contributed by atoms with Crippen LogP contribution in [0.5, 0.6) is 0 Å². The molecule has 5 rings (SSSR count). The number of hydrogen-bond donors (Lipinski definition) is 0. The Bertz CT molecular complexity index is 1190. The lowest BCUT2D eigenvalue weighted by Gasteiger charge is -2.35. The first kappa shape index (κ1) is 18.2. The monoisotopic (exact) mass is 395 g/mol. The fourth-order valence-corrected chi connectivity index (χ4v) is 3.77. The van der Waals surface area contributed by atoms with E-state index in [1.165, 1.54) is 0 Å². The zero-order chi connectivity index (χ0) is 20.3. The van der Waals surface area contributed by atoms with Crippen LogP contribution in [0.4, 0.5) is 5.82 Å². The van der Waals surface area contributed by atoms with Crippen molar-refractivity contribution in [2.24, 2.45) is 0 Å². The summed E-state index contributed by atoms with van der Waals surface area (Å²) < 4.78 is 0. The second-order valence-electron chi connectivity index (χ2n) is 7.30.